The molecule has 0 fully saturated rings. The van der Waals surface area contributed by atoms with Gasteiger partial charge < -0.3 is 0 Å². The van der Waals surface area contributed by atoms with Gasteiger partial charge in [0.05, 0.1) is 0 Å². The van der Waals surface area contributed by atoms with Crippen molar-refractivity contribution in [2.24, 2.45) is 0 Å². The average Bonchev–Trinajstić information content (AvgIpc) is 1.83. The minimum atomic E-state index is 1.01. The highest BCUT2D eigenvalue weighted by atomic mass is 79.9. The molecule has 0 rings (SSSR count). The first-order valence-corrected chi connectivity index (χ1v) is 3.21. The summed E-state index contributed by atoms with van der Waals surface area (Å²) in [6, 6.07) is 0. The van der Waals surface area contributed by atoms with E-state index in [1.54, 1.807) is 6.08 Å². The van der Waals surface area contributed by atoms with Crippen LogP contribution in [0.1, 0.15) is 6.92 Å². The predicted molar refractivity (Wildman–Crippen MR) is 42.0 cm³/mol. The highest BCUT2D eigenvalue weighted by Gasteiger charge is 1.73. The van der Waals surface area contributed by atoms with Crippen molar-refractivity contribution in [3.05, 3.63) is 35.4 Å². The fourth-order valence-electron chi connectivity index (χ4n) is 0.256. The Labute approximate surface area is 58.7 Å². The number of halogens is 1. The molecule has 0 nitrogen and oxygen atoms in total. The van der Waals surface area contributed by atoms with Gasteiger partial charge in [0, 0.05) is 4.48 Å². The van der Waals surface area contributed by atoms with Crippen LogP contribution in [0.5, 0.6) is 0 Å². The molecule has 1 heteroatoms. The molecule has 0 aliphatic carbocycles. The Balaban J connectivity index is 3.74. The third-order valence-corrected chi connectivity index (χ3v) is 1.23. The minimum absolute atomic E-state index is 1.01. The van der Waals surface area contributed by atoms with Gasteiger partial charge in [0.15, 0.2) is 0 Å². The lowest BCUT2D eigenvalue weighted by Crippen LogP contribution is -1.54. The molecule has 0 aliphatic heterocycles. The Bertz CT molecular complexity index is 120. The second-order valence-corrected chi connectivity index (χ2v) is 2.20. The zero-order valence-corrected chi connectivity index (χ0v) is 6.48. The van der Waals surface area contributed by atoms with E-state index in [1.165, 1.54) is 0 Å². The maximum Gasteiger partial charge on any atom is 0.0169 e. The second-order valence-electron chi connectivity index (χ2n) is 1.28. The molecule has 0 spiro atoms. The van der Waals surface area contributed by atoms with Crippen molar-refractivity contribution in [1.82, 2.24) is 0 Å². The van der Waals surface area contributed by atoms with E-state index < -0.39 is 0 Å². The number of hydrogen-bond donors (Lipinski definition) is 0. The topological polar surface area (TPSA) is 0 Å². The summed E-state index contributed by atoms with van der Waals surface area (Å²) in [5.41, 5.74) is 0. The molecule has 0 atom stereocenters. The van der Waals surface area contributed by atoms with Crippen LogP contribution in [0.25, 0.3) is 0 Å². The van der Waals surface area contributed by atoms with Gasteiger partial charge in [-0.05, 0) is 13.0 Å². The molecule has 0 aromatic carbocycles. The highest BCUT2D eigenvalue weighted by Crippen LogP contribution is 2.03. The van der Waals surface area contributed by atoms with Gasteiger partial charge in [0.1, 0.15) is 0 Å². The average molecular weight is 173 g/mol. The monoisotopic (exact) mass is 172 g/mol. The summed E-state index contributed by atoms with van der Waals surface area (Å²) in [6.07, 6.45) is 7.60. The molecule has 0 aromatic heterocycles. The first-order valence-electron chi connectivity index (χ1n) is 2.42. The van der Waals surface area contributed by atoms with Crippen molar-refractivity contribution in [1.29, 1.82) is 0 Å². The van der Waals surface area contributed by atoms with E-state index in [-0.39, 0.29) is 0 Å². The Hall–Kier alpha value is -0.300. The molecule has 0 aromatic rings. The van der Waals surface area contributed by atoms with Gasteiger partial charge in [0.25, 0.3) is 0 Å². The molecule has 0 N–H and O–H groups in total. The van der Waals surface area contributed by atoms with E-state index in [0.29, 0.717) is 0 Å². The number of allylic oxidation sites excluding steroid dienone is 5. The van der Waals surface area contributed by atoms with E-state index in [2.05, 4.69) is 22.5 Å². The summed E-state index contributed by atoms with van der Waals surface area (Å²) in [5.74, 6) is 0. The van der Waals surface area contributed by atoms with Crippen LogP contribution in [0.15, 0.2) is 35.4 Å². The standard InChI is InChI=1S/C7H9Br/c1-3-5-6-7(8)4-2/h3-6H,2H2,1H3/b5-3-,7-6+. The SMILES string of the molecule is C=C/C(Br)=C\C=C/C. The van der Waals surface area contributed by atoms with Crippen molar-refractivity contribution in [2.45, 2.75) is 6.92 Å². The van der Waals surface area contributed by atoms with Gasteiger partial charge in [-0.3, -0.25) is 0 Å². The van der Waals surface area contributed by atoms with Crippen LogP contribution in [0.4, 0.5) is 0 Å². The highest BCUT2D eigenvalue weighted by molar-refractivity contribution is 9.11. The molecule has 0 saturated carbocycles. The summed E-state index contributed by atoms with van der Waals surface area (Å²) in [5, 5.41) is 0. The lowest BCUT2D eigenvalue weighted by molar-refractivity contribution is 1.73. The third-order valence-electron chi connectivity index (χ3n) is 0.643. The van der Waals surface area contributed by atoms with Crippen molar-refractivity contribution in [3.63, 3.8) is 0 Å². The molecular weight excluding hydrogens is 164 g/mol. The maximum absolute atomic E-state index is 3.56. The van der Waals surface area contributed by atoms with Crippen molar-refractivity contribution in [2.75, 3.05) is 0 Å². The molecule has 0 saturated heterocycles. The molecule has 0 aliphatic rings. The molecule has 0 amide bonds. The van der Waals surface area contributed by atoms with Crippen molar-refractivity contribution < 1.29 is 0 Å². The van der Waals surface area contributed by atoms with Gasteiger partial charge >= 0.3 is 0 Å². The van der Waals surface area contributed by atoms with Crippen molar-refractivity contribution in [3.8, 4) is 0 Å². The Kier molecular flexibility index (Phi) is 4.67. The molecular formula is C7H9Br. The maximum atomic E-state index is 3.56. The summed E-state index contributed by atoms with van der Waals surface area (Å²) in [7, 11) is 0. The Morgan fingerprint density at radius 2 is 2.25 bits per heavy atom. The zero-order chi connectivity index (χ0) is 6.41. The molecule has 8 heavy (non-hydrogen) atoms. The zero-order valence-electron chi connectivity index (χ0n) is 4.89. The largest absolute Gasteiger partial charge is 0.0979 e. The number of rotatable bonds is 2. The normalized spacial score (nSPS) is 12.5. The quantitative estimate of drug-likeness (QED) is 0.563. The molecule has 0 bridgehead atoms. The molecule has 44 valence electrons. The summed E-state index contributed by atoms with van der Waals surface area (Å²) >= 11 is 3.27. The lowest BCUT2D eigenvalue weighted by atomic mass is 10.4. The Morgan fingerprint density at radius 1 is 1.62 bits per heavy atom. The summed E-state index contributed by atoms with van der Waals surface area (Å²) < 4.78 is 1.01. The van der Waals surface area contributed by atoms with E-state index in [4.69, 9.17) is 0 Å². The smallest absolute Gasteiger partial charge is 0.0169 e. The summed E-state index contributed by atoms with van der Waals surface area (Å²) in [6.45, 7) is 5.54. The molecule has 0 radical (unpaired) electrons. The van der Waals surface area contributed by atoms with Crippen LogP contribution in [0.2, 0.25) is 0 Å². The van der Waals surface area contributed by atoms with E-state index >= 15 is 0 Å². The third kappa shape index (κ3) is 3.88. The number of hydrogen-bond acceptors (Lipinski definition) is 0. The van der Waals surface area contributed by atoms with Crippen LogP contribution < -0.4 is 0 Å². The van der Waals surface area contributed by atoms with Crippen LogP contribution in [-0.2, 0) is 0 Å². The van der Waals surface area contributed by atoms with Crippen LogP contribution in [0.3, 0.4) is 0 Å². The Morgan fingerprint density at radius 3 is 2.62 bits per heavy atom. The lowest BCUT2D eigenvalue weighted by Gasteiger charge is -1.78. The first-order chi connectivity index (χ1) is 3.81. The van der Waals surface area contributed by atoms with E-state index in [1.807, 2.05) is 25.2 Å². The van der Waals surface area contributed by atoms with Gasteiger partial charge in [-0.1, -0.05) is 40.7 Å². The van der Waals surface area contributed by atoms with Gasteiger partial charge in [-0.2, -0.15) is 0 Å². The fraction of sp³-hybridized carbons (Fsp3) is 0.143. The molecule has 0 heterocycles. The minimum Gasteiger partial charge on any atom is -0.0979 e. The first kappa shape index (κ1) is 7.70. The van der Waals surface area contributed by atoms with Gasteiger partial charge in [-0.25, -0.2) is 0 Å². The van der Waals surface area contributed by atoms with E-state index in [9.17, 15) is 0 Å². The summed E-state index contributed by atoms with van der Waals surface area (Å²) in [4.78, 5) is 0. The van der Waals surface area contributed by atoms with Crippen LogP contribution >= 0.6 is 15.9 Å². The second kappa shape index (κ2) is 4.85. The molecule has 0 unspecified atom stereocenters. The van der Waals surface area contributed by atoms with Gasteiger partial charge in [0.2, 0.25) is 0 Å². The van der Waals surface area contributed by atoms with Crippen molar-refractivity contribution >= 4 is 15.9 Å². The predicted octanol–water partition coefficient (Wildman–Crippen LogP) is 3.03. The van der Waals surface area contributed by atoms with Gasteiger partial charge in [-0.15, -0.1) is 0 Å². The van der Waals surface area contributed by atoms with E-state index in [0.717, 1.165) is 4.48 Å². The van der Waals surface area contributed by atoms with Crippen LogP contribution in [-0.4, -0.2) is 0 Å². The fourth-order valence-corrected chi connectivity index (χ4v) is 0.409. The van der Waals surface area contributed by atoms with Crippen LogP contribution in [0, 0.1) is 0 Å².